The normalized spacial score (nSPS) is 10.3. The van der Waals surface area contributed by atoms with E-state index in [0.717, 1.165) is 11.1 Å². The zero-order valence-corrected chi connectivity index (χ0v) is 9.04. The Hall–Kier alpha value is -1.62. The Labute approximate surface area is 91.4 Å². The number of H-pyrrole nitrogens is 1. The standard InChI is InChI=1S/C9H9ClN4O/c1-5-3-8(15-2)7(10)4-6(5)9-11-13-14-12-9/h3-4H,1-2H3,(H,11,12,13,14). The van der Waals surface area contributed by atoms with Crippen molar-refractivity contribution in [2.24, 2.45) is 0 Å². The molecule has 1 aromatic carbocycles. The van der Waals surface area contributed by atoms with E-state index < -0.39 is 0 Å². The third kappa shape index (κ3) is 1.78. The van der Waals surface area contributed by atoms with Gasteiger partial charge in [0, 0.05) is 5.56 Å². The lowest BCUT2D eigenvalue weighted by Gasteiger charge is -2.07. The maximum Gasteiger partial charge on any atom is 0.204 e. The fraction of sp³-hybridized carbons (Fsp3) is 0.222. The molecular weight excluding hydrogens is 216 g/mol. The summed E-state index contributed by atoms with van der Waals surface area (Å²) < 4.78 is 5.10. The Bertz CT molecular complexity index is 469. The predicted octanol–water partition coefficient (Wildman–Crippen LogP) is 1.84. The van der Waals surface area contributed by atoms with Crippen LogP contribution >= 0.6 is 11.6 Å². The van der Waals surface area contributed by atoms with Crippen molar-refractivity contribution in [3.8, 4) is 17.1 Å². The number of hydrogen-bond donors (Lipinski definition) is 1. The molecule has 1 aromatic heterocycles. The fourth-order valence-corrected chi connectivity index (χ4v) is 1.57. The summed E-state index contributed by atoms with van der Waals surface area (Å²) in [5, 5.41) is 14.2. The second-order valence-electron chi connectivity index (χ2n) is 3.04. The first-order chi connectivity index (χ1) is 7.22. The summed E-state index contributed by atoms with van der Waals surface area (Å²) in [6.07, 6.45) is 0. The minimum absolute atomic E-state index is 0.525. The van der Waals surface area contributed by atoms with E-state index in [4.69, 9.17) is 16.3 Å². The minimum atomic E-state index is 0.525. The molecule has 2 aromatic rings. The summed E-state index contributed by atoms with van der Waals surface area (Å²) in [4.78, 5) is 0. The van der Waals surface area contributed by atoms with Gasteiger partial charge in [0.05, 0.1) is 12.1 Å². The monoisotopic (exact) mass is 224 g/mol. The van der Waals surface area contributed by atoms with Crippen LogP contribution in [0.25, 0.3) is 11.4 Å². The molecule has 1 heterocycles. The molecule has 0 fully saturated rings. The number of rotatable bonds is 2. The highest BCUT2D eigenvalue weighted by atomic mass is 35.5. The number of tetrazole rings is 1. The predicted molar refractivity (Wildman–Crippen MR) is 55.9 cm³/mol. The van der Waals surface area contributed by atoms with Crippen molar-refractivity contribution < 1.29 is 4.74 Å². The van der Waals surface area contributed by atoms with Gasteiger partial charge < -0.3 is 4.74 Å². The Kier molecular flexibility index (Phi) is 2.55. The molecule has 78 valence electrons. The van der Waals surface area contributed by atoms with Crippen molar-refractivity contribution in [1.29, 1.82) is 0 Å². The number of nitrogens with one attached hydrogen (secondary N) is 1. The molecule has 0 unspecified atom stereocenters. The first-order valence-electron chi connectivity index (χ1n) is 4.30. The zero-order chi connectivity index (χ0) is 10.8. The number of hydrogen-bond acceptors (Lipinski definition) is 4. The van der Waals surface area contributed by atoms with Gasteiger partial charge in [-0.2, -0.15) is 5.21 Å². The number of halogens is 1. The summed E-state index contributed by atoms with van der Waals surface area (Å²) in [7, 11) is 1.58. The van der Waals surface area contributed by atoms with Crippen LogP contribution in [0.3, 0.4) is 0 Å². The van der Waals surface area contributed by atoms with Crippen molar-refractivity contribution in [2.75, 3.05) is 7.11 Å². The largest absolute Gasteiger partial charge is 0.495 e. The van der Waals surface area contributed by atoms with Crippen LogP contribution in [-0.2, 0) is 0 Å². The number of benzene rings is 1. The summed E-state index contributed by atoms with van der Waals surface area (Å²) in [5.74, 6) is 1.17. The Balaban J connectivity index is 2.55. The van der Waals surface area contributed by atoms with Crippen LogP contribution in [0.2, 0.25) is 5.02 Å². The molecule has 0 aliphatic rings. The van der Waals surface area contributed by atoms with Crippen molar-refractivity contribution in [3.05, 3.63) is 22.7 Å². The average Bonchev–Trinajstić information content (AvgIpc) is 2.74. The van der Waals surface area contributed by atoms with Crippen LogP contribution in [0.1, 0.15) is 5.56 Å². The van der Waals surface area contributed by atoms with E-state index in [0.29, 0.717) is 16.6 Å². The SMILES string of the molecule is COc1cc(C)c(-c2nn[nH]n2)cc1Cl. The van der Waals surface area contributed by atoms with Gasteiger partial charge in [0.2, 0.25) is 5.82 Å². The van der Waals surface area contributed by atoms with Crippen LogP contribution in [-0.4, -0.2) is 27.7 Å². The van der Waals surface area contributed by atoms with Gasteiger partial charge in [-0.3, -0.25) is 0 Å². The minimum Gasteiger partial charge on any atom is -0.495 e. The summed E-state index contributed by atoms with van der Waals surface area (Å²) in [5.41, 5.74) is 1.83. The Morgan fingerprint density at radius 3 is 2.80 bits per heavy atom. The van der Waals surface area contributed by atoms with Gasteiger partial charge in [0.25, 0.3) is 0 Å². The van der Waals surface area contributed by atoms with E-state index in [1.54, 1.807) is 13.2 Å². The molecule has 0 amide bonds. The molecule has 0 saturated heterocycles. The molecule has 1 N–H and O–H groups in total. The molecule has 15 heavy (non-hydrogen) atoms. The van der Waals surface area contributed by atoms with Crippen molar-refractivity contribution in [3.63, 3.8) is 0 Å². The Morgan fingerprint density at radius 1 is 1.40 bits per heavy atom. The zero-order valence-electron chi connectivity index (χ0n) is 8.28. The number of ether oxygens (including phenoxy) is 1. The van der Waals surface area contributed by atoms with Gasteiger partial charge in [-0.1, -0.05) is 11.6 Å². The summed E-state index contributed by atoms with van der Waals surface area (Å²) in [6.45, 7) is 1.94. The van der Waals surface area contributed by atoms with E-state index in [9.17, 15) is 0 Å². The first kappa shape index (κ1) is 9.92. The summed E-state index contributed by atoms with van der Waals surface area (Å²) >= 11 is 6.01. The number of methoxy groups -OCH3 is 1. The van der Waals surface area contributed by atoms with Gasteiger partial charge >= 0.3 is 0 Å². The van der Waals surface area contributed by atoms with Crippen LogP contribution in [0.15, 0.2) is 12.1 Å². The highest BCUT2D eigenvalue weighted by Crippen LogP contribution is 2.31. The number of aryl methyl sites for hydroxylation is 1. The van der Waals surface area contributed by atoms with Gasteiger partial charge in [-0.05, 0) is 29.8 Å². The van der Waals surface area contributed by atoms with Gasteiger partial charge in [-0.25, -0.2) is 0 Å². The van der Waals surface area contributed by atoms with E-state index in [-0.39, 0.29) is 0 Å². The second-order valence-corrected chi connectivity index (χ2v) is 3.44. The van der Waals surface area contributed by atoms with E-state index in [1.165, 1.54) is 0 Å². The van der Waals surface area contributed by atoms with Gasteiger partial charge in [0.1, 0.15) is 5.75 Å². The average molecular weight is 225 g/mol. The van der Waals surface area contributed by atoms with E-state index >= 15 is 0 Å². The molecular formula is C9H9ClN4O. The van der Waals surface area contributed by atoms with E-state index in [1.807, 2.05) is 13.0 Å². The summed E-state index contributed by atoms with van der Waals surface area (Å²) in [6, 6.07) is 3.61. The first-order valence-corrected chi connectivity index (χ1v) is 4.68. The van der Waals surface area contributed by atoms with Crippen LogP contribution < -0.4 is 4.74 Å². The van der Waals surface area contributed by atoms with Crippen LogP contribution in [0, 0.1) is 6.92 Å². The maximum absolute atomic E-state index is 6.01. The molecule has 0 saturated carbocycles. The molecule has 0 aliphatic heterocycles. The van der Waals surface area contributed by atoms with Crippen LogP contribution in [0.4, 0.5) is 0 Å². The molecule has 0 radical (unpaired) electrons. The molecule has 2 rings (SSSR count). The third-order valence-corrected chi connectivity index (χ3v) is 2.38. The molecule has 6 heteroatoms. The van der Waals surface area contributed by atoms with Gasteiger partial charge in [-0.15, -0.1) is 10.2 Å². The quantitative estimate of drug-likeness (QED) is 0.846. The lowest BCUT2D eigenvalue weighted by molar-refractivity contribution is 0.415. The molecule has 0 aliphatic carbocycles. The van der Waals surface area contributed by atoms with Crippen LogP contribution in [0.5, 0.6) is 5.75 Å². The molecule has 0 spiro atoms. The molecule has 5 nitrogen and oxygen atoms in total. The van der Waals surface area contributed by atoms with E-state index in [2.05, 4.69) is 20.6 Å². The maximum atomic E-state index is 6.01. The van der Waals surface area contributed by atoms with Crippen molar-refractivity contribution in [1.82, 2.24) is 20.6 Å². The lowest BCUT2D eigenvalue weighted by atomic mass is 10.1. The van der Waals surface area contributed by atoms with Crippen molar-refractivity contribution >= 4 is 11.6 Å². The van der Waals surface area contributed by atoms with Crippen molar-refractivity contribution in [2.45, 2.75) is 6.92 Å². The highest BCUT2D eigenvalue weighted by Gasteiger charge is 2.10. The number of aromatic nitrogens is 4. The third-order valence-electron chi connectivity index (χ3n) is 2.09. The topological polar surface area (TPSA) is 63.7 Å². The highest BCUT2D eigenvalue weighted by molar-refractivity contribution is 6.32. The van der Waals surface area contributed by atoms with Gasteiger partial charge in [0.15, 0.2) is 0 Å². The smallest absolute Gasteiger partial charge is 0.204 e. The number of nitrogens with zero attached hydrogens (tertiary/aromatic N) is 3. The lowest BCUT2D eigenvalue weighted by Crippen LogP contribution is -1.90. The fourth-order valence-electron chi connectivity index (χ4n) is 1.33. The molecule has 0 bridgehead atoms. The second kappa shape index (κ2) is 3.86. The Morgan fingerprint density at radius 2 is 2.20 bits per heavy atom. The number of aromatic amines is 1. The molecule has 0 atom stereocenters.